The van der Waals surface area contributed by atoms with Gasteiger partial charge in [0.1, 0.15) is 11.0 Å². The van der Waals surface area contributed by atoms with Gasteiger partial charge in [-0.1, -0.05) is 11.6 Å². The van der Waals surface area contributed by atoms with Crippen LogP contribution in [0.15, 0.2) is 36.9 Å². The van der Waals surface area contributed by atoms with E-state index in [4.69, 9.17) is 11.6 Å². The topological polar surface area (TPSA) is 100 Å². The number of aryl methyl sites for hydroxylation is 1. The minimum Gasteiger partial charge on any atom is -0.367 e. The standard InChI is InChI=1S/C22H23ClN8O/c1-12-8-30(9-13(2)26-12)16-5-4-15(18-19(16)25-7-6-24-18)22(32)29-17-11-31-10-14(3)27-21(31)20(23)28-17/h4-7,10-13,26H,8-9H2,1-3H3,(H,29,32)/t12-,13-/m0/s1. The van der Waals surface area contributed by atoms with Crippen molar-refractivity contribution in [1.29, 1.82) is 0 Å². The predicted octanol–water partition coefficient (Wildman–Crippen LogP) is 3.07. The second kappa shape index (κ2) is 7.99. The zero-order chi connectivity index (χ0) is 22.4. The molecule has 2 N–H and O–H groups in total. The van der Waals surface area contributed by atoms with Crippen molar-refractivity contribution < 1.29 is 4.79 Å². The van der Waals surface area contributed by atoms with Gasteiger partial charge in [0.25, 0.3) is 5.91 Å². The van der Waals surface area contributed by atoms with E-state index in [0.717, 1.165) is 24.5 Å². The molecule has 3 aromatic heterocycles. The number of anilines is 2. The van der Waals surface area contributed by atoms with E-state index < -0.39 is 0 Å². The van der Waals surface area contributed by atoms with Crippen molar-refractivity contribution in [3.05, 3.63) is 53.3 Å². The van der Waals surface area contributed by atoms with Crippen LogP contribution in [0.1, 0.15) is 29.9 Å². The summed E-state index contributed by atoms with van der Waals surface area (Å²) in [5.41, 5.74) is 4.00. The lowest BCUT2D eigenvalue weighted by Gasteiger charge is -2.38. The van der Waals surface area contributed by atoms with E-state index in [1.165, 1.54) is 0 Å². The Hall–Kier alpha value is -3.30. The lowest BCUT2D eigenvalue weighted by atomic mass is 10.1. The van der Waals surface area contributed by atoms with Gasteiger partial charge in [0.2, 0.25) is 0 Å². The van der Waals surface area contributed by atoms with E-state index in [1.54, 1.807) is 29.1 Å². The maximum absolute atomic E-state index is 13.2. The highest BCUT2D eigenvalue weighted by molar-refractivity contribution is 6.32. The molecule has 1 amide bonds. The number of piperazine rings is 1. The minimum absolute atomic E-state index is 0.220. The third-order valence-electron chi connectivity index (χ3n) is 5.51. The monoisotopic (exact) mass is 450 g/mol. The second-order valence-corrected chi connectivity index (χ2v) is 8.60. The van der Waals surface area contributed by atoms with E-state index in [2.05, 4.69) is 49.3 Å². The van der Waals surface area contributed by atoms with Crippen molar-refractivity contribution in [2.75, 3.05) is 23.3 Å². The third-order valence-corrected chi connectivity index (χ3v) is 5.76. The number of benzene rings is 1. The van der Waals surface area contributed by atoms with Crippen LogP contribution >= 0.6 is 11.6 Å². The van der Waals surface area contributed by atoms with Crippen molar-refractivity contribution in [3.63, 3.8) is 0 Å². The number of halogens is 1. The fourth-order valence-electron chi connectivity index (χ4n) is 4.33. The molecule has 1 aliphatic rings. The number of amides is 1. The molecule has 0 saturated carbocycles. The fraction of sp³-hybridized carbons (Fsp3) is 0.318. The number of fused-ring (bicyclic) bond motifs is 2. The van der Waals surface area contributed by atoms with Gasteiger partial charge < -0.3 is 19.9 Å². The minimum atomic E-state index is -0.330. The molecule has 1 aromatic carbocycles. The summed E-state index contributed by atoms with van der Waals surface area (Å²) >= 11 is 6.25. The number of nitrogens with zero attached hydrogens (tertiary/aromatic N) is 6. The lowest BCUT2D eigenvalue weighted by molar-refractivity contribution is 0.102. The molecule has 4 heterocycles. The predicted molar refractivity (Wildman–Crippen MR) is 124 cm³/mol. The smallest absolute Gasteiger partial charge is 0.259 e. The Morgan fingerprint density at radius 3 is 2.56 bits per heavy atom. The van der Waals surface area contributed by atoms with Crippen molar-refractivity contribution in [1.82, 2.24) is 29.7 Å². The summed E-state index contributed by atoms with van der Waals surface area (Å²) in [6, 6.07) is 4.44. The highest BCUT2D eigenvalue weighted by atomic mass is 35.5. The van der Waals surface area contributed by atoms with E-state index in [-0.39, 0.29) is 11.1 Å². The molecule has 1 saturated heterocycles. The average molecular weight is 451 g/mol. The molecular formula is C22H23ClN8O. The van der Waals surface area contributed by atoms with Crippen molar-refractivity contribution in [3.8, 4) is 0 Å². The maximum atomic E-state index is 13.2. The highest BCUT2D eigenvalue weighted by Gasteiger charge is 2.24. The molecule has 1 fully saturated rings. The van der Waals surface area contributed by atoms with Crippen molar-refractivity contribution in [2.45, 2.75) is 32.9 Å². The van der Waals surface area contributed by atoms with Crippen LogP contribution in [0.2, 0.25) is 5.15 Å². The van der Waals surface area contributed by atoms with Gasteiger partial charge in [-0.2, -0.15) is 0 Å². The molecule has 164 valence electrons. The number of nitrogens with one attached hydrogen (secondary N) is 2. The fourth-order valence-corrected chi connectivity index (χ4v) is 4.56. The van der Waals surface area contributed by atoms with Gasteiger partial charge >= 0.3 is 0 Å². The van der Waals surface area contributed by atoms with E-state index >= 15 is 0 Å². The van der Waals surface area contributed by atoms with Crippen LogP contribution in [0.25, 0.3) is 16.7 Å². The van der Waals surface area contributed by atoms with Gasteiger partial charge in [-0.05, 0) is 32.9 Å². The van der Waals surface area contributed by atoms with Gasteiger partial charge in [0.15, 0.2) is 16.6 Å². The number of hydrogen-bond acceptors (Lipinski definition) is 7. The normalized spacial score (nSPS) is 18.9. The first-order valence-electron chi connectivity index (χ1n) is 10.5. The summed E-state index contributed by atoms with van der Waals surface area (Å²) in [7, 11) is 0. The molecule has 4 aromatic rings. The summed E-state index contributed by atoms with van der Waals surface area (Å²) in [5.74, 6) is -0.000350. The Labute approximate surface area is 189 Å². The van der Waals surface area contributed by atoms with Crippen LogP contribution in [0.3, 0.4) is 0 Å². The van der Waals surface area contributed by atoms with Crippen LogP contribution in [-0.2, 0) is 0 Å². The second-order valence-electron chi connectivity index (χ2n) is 8.24. The number of rotatable bonds is 3. The SMILES string of the molecule is Cc1cn2cc(NC(=O)c3ccc(N4C[C@H](C)N[C@@H](C)C4)c4nccnc34)nc(Cl)c2n1. The van der Waals surface area contributed by atoms with Crippen LogP contribution in [0.4, 0.5) is 11.5 Å². The van der Waals surface area contributed by atoms with Crippen LogP contribution in [0.5, 0.6) is 0 Å². The lowest BCUT2D eigenvalue weighted by Crippen LogP contribution is -2.54. The number of imidazole rings is 1. The van der Waals surface area contributed by atoms with Crippen LogP contribution in [-0.4, -0.2) is 55.4 Å². The summed E-state index contributed by atoms with van der Waals surface area (Å²) in [5, 5.41) is 6.59. The summed E-state index contributed by atoms with van der Waals surface area (Å²) in [6.07, 6.45) is 6.76. The van der Waals surface area contributed by atoms with Crippen molar-refractivity contribution in [2.24, 2.45) is 0 Å². The highest BCUT2D eigenvalue weighted by Crippen LogP contribution is 2.28. The molecule has 0 bridgehead atoms. The molecule has 10 heteroatoms. The van der Waals surface area contributed by atoms with Gasteiger partial charge in [0, 0.05) is 43.8 Å². The number of aromatic nitrogens is 5. The maximum Gasteiger partial charge on any atom is 0.259 e. The summed E-state index contributed by atoms with van der Waals surface area (Å²) < 4.78 is 1.74. The first-order chi connectivity index (χ1) is 15.4. The molecule has 1 aliphatic heterocycles. The zero-order valence-electron chi connectivity index (χ0n) is 18.0. The Morgan fingerprint density at radius 1 is 1.09 bits per heavy atom. The van der Waals surface area contributed by atoms with Gasteiger partial charge in [-0.15, -0.1) is 0 Å². The molecule has 32 heavy (non-hydrogen) atoms. The molecule has 9 nitrogen and oxygen atoms in total. The number of hydrogen-bond donors (Lipinski definition) is 2. The van der Waals surface area contributed by atoms with Crippen molar-refractivity contribution >= 4 is 45.7 Å². The van der Waals surface area contributed by atoms with E-state index in [1.807, 2.05) is 19.2 Å². The average Bonchev–Trinajstić information content (AvgIpc) is 3.13. The Kier molecular flexibility index (Phi) is 5.15. The van der Waals surface area contributed by atoms with Gasteiger partial charge in [-0.25, -0.2) is 9.97 Å². The molecule has 5 rings (SSSR count). The zero-order valence-corrected chi connectivity index (χ0v) is 18.8. The molecule has 0 aliphatic carbocycles. The number of carbonyl (C=O) groups excluding carboxylic acids is 1. The van der Waals surface area contributed by atoms with Crippen LogP contribution < -0.4 is 15.5 Å². The molecule has 0 radical (unpaired) electrons. The largest absolute Gasteiger partial charge is 0.367 e. The molecule has 0 spiro atoms. The quantitative estimate of drug-likeness (QED) is 0.494. The molecule has 0 unspecified atom stereocenters. The number of carbonyl (C=O) groups is 1. The van der Waals surface area contributed by atoms with E-state index in [0.29, 0.717) is 40.1 Å². The Balaban J connectivity index is 1.50. The van der Waals surface area contributed by atoms with Gasteiger partial charge in [0.05, 0.1) is 23.1 Å². The van der Waals surface area contributed by atoms with E-state index in [9.17, 15) is 4.79 Å². The van der Waals surface area contributed by atoms with Crippen LogP contribution in [0, 0.1) is 6.92 Å². The summed E-state index contributed by atoms with van der Waals surface area (Å²) in [6.45, 7) is 7.90. The molecular weight excluding hydrogens is 428 g/mol. The Bertz CT molecular complexity index is 1330. The third kappa shape index (κ3) is 3.74. The summed E-state index contributed by atoms with van der Waals surface area (Å²) in [4.78, 5) is 33.1. The Morgan fingerprint density at radius 2 is 1.81 bits per heavy atom. The first kappa shape index (κ1) is 20.6. The molecule has 2 atom stereocenters. The van der Waals surface area contributed by atoms with Gasteiger partial charge in [-0.3, -0.25) is 14.8 Å². The first-order valence-corrected chi connectivity index (χ1v) is 10.8.